The maximum absolute atomic E-state index is 13.4. The predicted molar refractivity (Wildman–Crippen MR) is 78.3 cm³/mol. The summed E-state index contributed by atoms with van der Waals surface area (Å²) in [6.07, 6.45) is 0.427. The molecule has 2 nitrogen and oxygen atoms in total. The van der Waals surface area contributed by atoms with E-state index in [0.29, 0.717) is 17.7 Å². The van der Waals surface area contributed by atoms with Crippen molar-refractivity contribution in [3.8, 4) is 0 Å². The van der Waals surface area contributed by atoms with Crippen LogP contribution in [0, 0.1) is 5.82 Å². The van der Waals surface area contributed by atoms with Crippen molar-refractivity contribution in [1.29, 1.82) is 0 Å². The molecule has 3 aromatic rings. The number of halogens is 2. The molecule has 2 aromatic carbocycles. The van der Waals surface area contributed by atoms with Crippen LogP contribution >= 0.6 is 11.6 Å². The van der Waals surface area contributed by atoms with Crippen molar-refractivity contribution >= 4 is 22.6 Å². The highest BCUT2D eigenvalue weighted by Gasteiger charge is 2.15. The number of rotatable bonds is 3. The minimum Gasteiger partial charge on any atom is -0.459 e. The van der Waals surface area contributed by atoms with Crippen molar-refractivity contribution in [1.82, 2.24) is 0 Å². The van der Waals surface area contributed by atoms with E-state index in [0.717, 1.165) is 11.0 Å². The zero-order valence-corrected chi connectivity index (χ0v) is 11.4. The minimum absolute atomic E-state index is 0.124. The Morgan fingerprint density at radius 1 is 1.15 bits per heavy atom. The fourth-order valence-electron chi connectivity index (χ4n) is 2.23. The van der Waals surface area contributed by atoms with Gasteiger partial charge in [-0.25, -0.2) is 4.39 Å². The molecule has 102 valence electrons. The van der Waals surface area contributed by atoms with Crippen LogP contribution in [-0.4, -0.2) is 0 Å². The maximum atomic E-state index is 13.4. The van der Waals surface area contributed by atoms with E-state index in [-0.39, 0.29) is 11.1 Å². The van der Waals surface area contributed by atoms with Gasteiger partial charge in [0, 0.05) is 5.39 Å². The first-order chi connectivity index (χ1) is 9.65. The van der Waals surface area contributed by atoms with Gasteiger partial charge in [0.05, 0.1) is 11.1 Å². The molecule has 1 aromatic heterocycles. The zero-order valence-electron chi connectivity index (χ0n) is 10.6. The molecule has 1 atom stereocenters. The summed E-state index contributed by atoms with van der Waals surface area (Å²) in [7, 11) is 0. The Bertz CT molecular complexity index is 720. The summed E-state index contributed by atoms with van der Waals surface area (Å²) in [5.41, 5.74) is 7.61. The minimum atomic E-state index is -0.430. The molecular formula is C16H13ClFNO. The molecule has 4 heteroatoms. The molecule has 0 saturated carbocycles. The number of nitrogens with two attached hydrogens (primary N) is 1. The topological polar surface area (TPSA) is 39.2 Å². The van der Waals surface area contributed by atoms with E-state index in [2.05, 4.69) is 0 Å². The maximum Gasteiger partial charge on any atom is 0.142 e. The monoisotopic (exact) mass is 289 g/mol. The number of benzene rings is 2. The van der Waals surface area contributed by atoms with Crippen LogP contribution in [0.15, 0.2) is 52.9 Å². The van der Waals surface area contributed by atoms with Crippen LogP contribution in [0.3, 0.4) is 0 Å². The Hall–Kier alpha value is -1.84. The van der Waals surface area contributed by atoms with E-state index in [1.165, 1.54) is 6.07 Å². The SMILES string of the molecule is NC(Cc1cccc(F)c1Cl)c1cc2ccccc2o1. The second-order valence-electron chi connectivity index (χ2n) is 4.71. The van der Waals surface area contributed by atoms with Gasteiger partial charge < -0.3 is 10.2 Å². The van der Waals surface area contributed by atoms with Crippen LogP contribution in [-0.2, 0) is 6.42 Å². The van der Waals surface area contributed by atoms with Gasteiger partial charge in [-0.2, -0.15) is 0 Å². The van der Waals surface area contributed by atoms with Crippen molar-refractivity contribution in [3.05, 3.63) is 70.7 Å². The molecule has 0 radical (unpaired) electrons. The smallest absolute Gasteiger partial charge is 0.142 e. The van der Waals surface area contributed by atoms with Gasteiger partial charge in [-0.1, -0.05) is 41.9 Å². The zero-order chi connectivity index (χ0) is 14.1. The van der Waals surface area contributed by atoms with Crippen molar-refractivity contribution < 1.29 is 8.81 Å². The van der Waals surface area contributed by atoms with E-state index in [4.69, 9.17) is 21.8 Å². The number of hydrogen-bond acceptors (Lipinski definition) is 2. The largest absolute Gasteiger partial charge is 0.459 e. The van der Waals surface area contributed by atoms with E-state index < -0.39 is 5.82 Å². The van der Waals surface area contributed by atoms with E-state index in [1.807, 2.05) is 30.3 Å². The lowest BCUT2D eigenvalue weighted by Gasteiger charge is -2.10. The van der Waals surface area contributed by atoms with Crippen LogP contribution in [0.4, 0.5) is 4.39 Å². The molecule has 3 rings (SSSR count). The third-order valence-corrected chi connectivity index (χ3v) is 3.70. The van der Waals surface area contributed by atoms with E-state index in [1.54, 1.807) is 12.1 Å². The molecule has 2 N–H and O–H groups in total. The van der Waals surface area contributed by atoms with Crippen LogP contribution in [0.5, 0.6) is 0 Å². The van der Waals surface area contributed by atoms with Gasteiger partial charge in [-0.3, -0.25) is 0 Å². The average Bonchev–Trinajstić information content (AvgIpc) is 2.88. The number of hydrogen-bond donors (Lipinski definition) is 1. The molecule has 20 heavy (non-hydrogen) atoms. The summed E-state index contributed by atoms with van der Waals surface area (Å²) in [5, 5.41) is 1.13. The quantitative estimate of drug-likeness (QED) is 0.773. The summed E-state index contributed by atoms with van der Waals surface area (Å²) in [5.74, 6) is 0.243. The summed E-state index contributed by atoms with van der Waals surface area (Å²) in [4.78, 5) is 0. The second-order valence-corrected chi connectivity index (χ2v) is 5.09. The fourth-order valence-corrected chi connectivity index (χ4v) is 2.43. The lowest BCUT2D eigenvalue weighted by Crippen LogP contribution is -2.12. The first kappa shape index (κ1) is 13.2. The van der Waals surface area contributed by atoms with Crippen LogP contribution < -0.4 is 5.73 Å². The van der Waals surface area contributed by atoms with Gasteiger partial charge in [0.1, 0.15) is 17.2 Å². The Labute approximate surface area is 121 Å². The predicted octanol–water partition coefficient (Wildman–Crippen LogP) is 4.47. The van der Waals surface area contributed by atoms with Gasteiger partial charge in [-0.05, 0) is 30.2 Å². The lowest BCUT2D eigenvalue weighted by molar-refractivity contribution is 0.493. The summed E-state index contributed by atoms with van der Waals surface area (Å²) in [6, 6.07) is 14.0. The molecule has 0 aliphatic heterocycles. The fraction of sp³-hybridized carbons (Fsp3) is 0.125. The second kappa shape index (κ2) is 5.27. The van der Waals surface area contributed by atoms with Crippen molar-refractivity contribution in [2.24, 2.45) is 5.73 Å². The standard InChI is InChI=1S/C16H13ClFNO/c17-16-11(5-3-6-12(16)18)8-13(19)15-9-10-4-1-2-7-14(10)20-15/h1-7,9,13H,8,19H2. The number of para-hydroxylation sites is 1. The normalized spacial score (nSPS) is 12.8. The first-order valence-electron chi connectivity index (χ1n) is 6.32. The molecule has 0 aliphatic rings. The van der Waals surface area contributed by atoms with E-state index >= 15 is 0 Å². The molecule has 0 amide bonds. The van der Waals surface area contributed by atoms with Gasteiger partial charge >= 0.3 is 0 Å². The molecule has 0 spiro atoms. The van der Waals surface area contributed by atoms with Crippen LogP contribution in [0.1, 0.15) is 17.4 Å². The molecule has 1 heterocycles. The Balaban J connectivity index is 1.89. The summed E-state index contributed by atoms with van der Waals surface area (Å²) >= 11 is 5.94. The Morgan fingerprint density at radius 3 is 2.75 bits per heavy atom. The molecule has 0 aliphatic carbocycles. The third kappa shape index (κ3) is 2.42. The summed E-state index contributed by atoms with van der Waals surface area (Å²) in [6.45, 7) is 0. The Kier molecular flexibility index (Phi) is 3.47. The van der Waals surface area contributed by atoms with Crippen molar-refractivity contribution in [2.45, 2.75) is 12.5 Å². The molecular weight excluding hydrogens is 277 g/mol. The third-order valence-electron chi connectivity index (χ3n) is 3.28. The molecule has 0 fully saturated rings. The molecule has 0 saturated heterocycles. The average molecular weight is 290 g/mol. The van der Waals surface area contributed by atoms with Crippen molar-refractivity contribution in [3.63, 3.8) is 0 Å². The highest BCUT2D eigenvalue weighted by atomic mass is 35.5. The van der Waals surface area contributed by atoms with E-state index in [9.17, 15) is 4.39 Å². The molecule has 1 unspecified atom stereocenters. The Morgan fingerprint density at radius 2 is 1.95 bits per heavy atom. The van der Waals surface area contributed by atoms with Gasteiger partial charge in [0.2, 0.25) is 0 Å². The number of fused-ring (bicyclic) bond motifs is 1. The molecule has 0 bridgehead atoms. The van der Waals surface area contributed by atoms with Gasteiger partial charge in [0.15, 0.2) is 0 Å². The van der Waals surface area contributed by atoms with Gasteiger partial charge in [-0.15, -0.1) is 0 Å². The van der Waals surface area contributed by atoms with Crippen LogP contribution in [0.2, 0.25) is 5.02 Å². The van der Waals surface area contributed by atoms with Crippen LogP contribution in [0.25, 0.3) is 11.0 Å². The lowest BCUT2D eigenvalue weighted by atomic mass is 10.0. The van der Waals surface area contributed by atoms with Crippen molar-refractivity contribution in [2.75, 3.05) is 0 Å². The summed E-state index contributed by atoms with van der Waals surface area (Å²) < 4.78 is 19.1. The van der Waals surface area contributed by atoms with Gasteiger partial charge in [0.25, 0.3) is 0 Å². The highest BCUT2D eigenvalue weighted by molar-refractivity contribution is 6.31. The highest BCUT2D eigenvalue weighted by Crippen LogP contribution is 2.27. The first-order valence-corrected chi connectivity index (χ1v) is 6.70. The number of furan rings is 1.